The standard InChI is InChI=1S/C35H36ClN5O3S2/c1-20-31-29(39-41(20)3)19-45-17-22-15-23(38-37-22)18-46-24-14-21-8-5-6-9-25(21)30(16-24)44-13-7-10-26-27-11-12-28(36)32(31)33(27)40(2)34(26)35(42)43-4/h6,9,11-12,14-16H,5,7-8,10,13,17-19H2,1-4H3,(H,37,38). The number of carbonyl (C=O) groups is 1. The van der Waals surface area contributed by atoms with Crippen molar-refractivity contribution in [3.63, 3.8) is 0 Å². The maximum Gasteiger partial charge on any atom is 0.354 e. The second-order valence-electron chi connectivity index (χ2n) is 11.8. The van der Waals surface area contributed by atoms with Gasteiger partial charge in [-0.1, -0.05) is 29.8 Å². The molecular formula is C35H36ClN5O3S2. The third-order valence-corrected chi connectivity index (χ3v) is 11.2. The molecule has 0 spiro atoms. The lowest BCUT2D eigenvalue weighted by Crippen LogP contribution is -2.11. The van der Waals surface area contributed by atoms with Gasteiger partial charge in [0.05, 0.1) is 35.6 Å². The number of aromatic amines is 1. The largest absolute Gasteiger partial charge is 0.493 e. The number of nitrogens with zero attached hydrogens (tertiary/aromatic N) is 4. The molecule has 2 aromatic carbocycles. The minimum absolute atomic E-state index is 0.368. The molecule has 1 aliphatic heterocycles. The summed E-state index contributed by atoms with van der Waals surface area (Å²) in [5.74, 6) is 2.77. The highest BCUT2D eigenvalue weighted by molar-refractivity contribution is 7.98. The zero-order valence-electron chi connectivity index (χ0n) is 26.4. The van der Waals surface area contributed by atoms with Crippen LogP contribution in [0.1, 0.15) is 62.8 Å². The molecule has 8 nitrogen and oxygen atoms in total. The maximum absolute atomic E-state index is 13.3. The van der Waals surface area contributed by atoms with E-state index >= 15 is 0 Å². The Hall–Kier alpha value is -3.60. The first-order valence-electron chi connectivity index (χ1n) is 15.4. The first-order valence-corrected chi connectivity index (χ1v) is 18.0. The van der Waals surface area contributed by atoms with Gasteiger partial charge in [-0.3, -0.25) is 9.78 Å². The zero-order chi connectivity index (χ0) is 31.9. The summed E-state index contributed by atoms with van der Waals surface area (Å²) in [6, 6.07) is 10.6. The highest BCUT2D eigenvalue weighted by atomic mass is 35.5. The summed E-state index contributed by atoms with van der Waals surface area (Å²) in [6.07, 6.45) is 7.80. The topological polar surface area (TPSA) is 87.0 Å². The number of H-pyrrole nitrogens is 1. The van der Waals surface area contributed by atoms with E-state index in [-0.39, 0.29) is 5.97 Å². The van der Waals surface area contributed by atoms with Gasteiger partial charge >= 0.3 is 5.97 Å². The number of ether oxygens (including phenoxy) is 2. The predicted octanol–water partition coefficient (Wildman–Crippen LogP) is 8.06. The maximum atomic E-state index is 13.3. The Labute approximate surface area is 281 Å². The average molecular weight is 674 g/mol. The number of allylic oxidation sites excluding steroid dienone is 1. The number of carbonyl (C=O) groups excluding carboxylic acids is 1. The number of hydrogen-bond donors (Lipinski definition) is 1. The van der Waals surface area contributed by atoms with Gasteiger partial charge in [-0.05, 0) is 68.0 Å². The van der Waals surface area contributed by atoms with Crippen molar-refractivity contribution in [2.75, 3.05) is 13.7 Å². The van der Waals surface area contributed by atoms with Crippen LogP contribution in [0.25, 0.3) is 28.1 Å². The fourth-order valence-corrected chi connectivity index (χ4v) is 8.64. The number of thioether (sulfide) groups is 2. The Morgan fingerprint density at radius 3 is 2.83 bits per heavy atom. The molecule has 7 rings (SSSR count). The van der Waals surface area contributed by atoms with Crippen molar-refractivity contribution in [3.8, 4) is 16.9 Å². The van der Waals surface area contributed by atoms with Crippen LogP contribution in [0.2, 0.25) is 5.02 Å². The number of nitrogens with one attached hydrogen (secondary N) is 1. The molecule has 3 aromatic heterocycles. The van der Waals surface area contributed by atoms with Crippen molar-refractivity contribution in [2.24, 2.45) is 14.1 Å². The van der Waals surface area contributed by atoms with Crippen molar-refractivity contribution in [1.29, 1.82) is 0 Å². The van der Waals surface area contributed by atoms with Gasteiger partial charge in [-0.25, -0.2) is 4.79 Å². The van der Waals surface area contributed by atoms with Crippen LogP contribution in [0, 0.1) is 6.92 Å². The molecule has 2 aliphatic rings. The molecule has 0 saturated carbocycles. The molecule has 0 unspecified atom stereocenters. The number of rotatable bonds is 1. The monoisotopic (exact) mass is 673 g/mol. The quantitative estimate of drug-likeness (QED) is 0.180. The molecule has 238 valence electrons. The molecule has 5 aromatic rings. The number of hydrogen-bond acceptors (Lipinski definition) is 7. The molecule has 0 amide bonds. The third-order valence-electron chi connectivity index (χ3n) is 8.91. The summed E-state index contributed by atoms with van der Waals surface area (Å²) in [5, 5.41) is 14.4. The SMILES string of the molecule is COC(=O)c1c2c3ccc(Cl)c(c3n1C)-c1c(nn(C)c1C)CSCc1cc([nH]n1)CSc1cc3c(c(c1)OCCC2)C=CCC3. The third kappa shape index (κ3) is 5.65. The Morgan fingerprint density at radius 2 is 1.98 bits per heavy atom. The van der Waals surface area contributed by atoms with E-state index in [9.17, 15) is 4.79 Å². The van der Waals surface area contributed by atoms with Crippen LogP contribution in [0.4, 0.5) is 0 Å². The van der Waals surface area contributed by atoms with Gasteiger partial charge in [0.25, 0.3) is 0 Å². The summed E-state index contributed by atoms with van der Waals surface area (Å²) in [5.41, 5.74) is 10.8. The lowest BCUT2D eigenvalue weighted by atomic mass is 9.96. The Morgan fingerprint density at radius 1 is 1.11 bits per heavy atom. The van der Waals surface area contributed by atoms with Crippen LogP contribution in [-0.2, 0) is 48.9 Å². The number of methoxy groups -OCH3 is 1. The van der Waals surface area contributed by atoms with E-state index in [1.807, 2.05) is 35.5 Å². The number of fused-ring (bicyclic) bond motifs is 8. The highest BCUT2D eigenvalue weighted by Gasteiger charge is 2.28. The Bertz CT molecular complexity index is 2010. The second-order valence-corrected chi connectivity index (χ2v) is 14.2. The first kappa shape index (κ1) is 31.0. The van der Waals surface area contributed by atoms with Gasteiger partial charge in [-0.15, -0.1) is 23.5 Å². The molecule has 1 aliphatic carbocycles. The van der Waals surface area contributed by atoms with E-state index in [0.29, 0.717) is 29.5 Å². The van der Waals surface area contributed by atoms with Crippen molar-refractivity contribution < 1.29 is 14.3 Å². The van der Waals surface area contributed by atoms with Gasteiger partial charge in [0, 0.05) is 69.7 Å². The molecule has 0 saturated heterocycles. The van der Waals surface area contributed by atoms with Gasteiger partial charge in [0.2, 0.25) is 0 Å². The predicted molar refractivity (Wildman–Crippen MR) is 187 cm³/mol. The summed E-state index contributed by atoms with van der Waals surface area (Å²) >= 11 is 10.6. The van der Waals surface area contributed by atoms with Crippen molar-refractivity contribution >= 4 is 58.1 Å². The molecule has 1 N–H and O–H groups in total. The van der Waals surface area contributed by atoms with Gasteiger partial charge in [-0.2, -0.15) is 10.2 Å². The summed E-state index contributed by atoms with van der Waals surface area (Å²) in [6.45, 7) is 2.58. The van der Waals surface area contributed by atoms with Crippen LogP contribution in [0.3, 0.4) is 0 Å². The molecule has 4 heterocycles. The minimum Gasteiger partial charge on any atom is -0.493 e. The fraction of sp³-hybridized carbons (Fsp3) is 0.343. The van der Waals surface area contributed by atoms with E-state index in [1.165, 1.54) is 17.6 Å². The second kappa shape index (κ2) is 12.9. The van der Waals surface area contributed by atoms with Crippen molar-refractivity contribution in [1.82, 2.24) is 24.5 Å². The number of esters is 1. The van der Waals surface area contributed by atoms with Gasteiger partial charge in [0.15, 0.2) is 0 Å². The van der Waals surface area contributed by atoms with Crippen LogP contribution in [0.5, 0.6) is 5.75 Å². The summed E-state index contributed by atoms with van der Waals surface area (Å²) in [7, 11) is 5.31. The number of halogens is 1. The minimum atomic E-state index is -0.368. The van der Waals surface area contributed by atoms with Crippen LogP contribution >= 0.6 is 35.1 Å². The number of aryl methyl sites for hydroxylation is 4. The average Bonchev–Trinajstić information content (AvgIpc) is 3.71. The molecule has 0 fully saturated rings. The molecular weight excluding hydrogens is 638 g/mol. The lowest BCUT2D eigenvalue weighted by Gasteiger charge is -2.18. The molecule has 11 heteroatoms. The van der Waals surface area contributed by atoms with Gasteiger partial charge in [0.1, 0.15) is 11.4 Å². The van der Waals surface area contributed by atoms with E-state index in [2.05, 4.69) is 47.5 Å². The summed E-state index contributed by atoms with van der Waals surface area (Å²) < 4.78 is 15.7. The lowest BCUT2D eigenvalue weighted by molar-refractivity contribution is 0.0589. The van der Waals surface area contributed by atoms with E-state index in [0.717, 1.165) is 92.5 Å². The molecule has 8 bridgehead atoms. The van der Waals surface area contributed by atoms with E-state index in [4.69, 9.17) is 26.2 Å². The van der Waals surface area contributed by atoms with Crippen LogP contribution in [0.15, 0.2) is 41.3 Å². The molecule has 0 radical (unpaired) electrons. The van der Waals surface area contributed by atoms with E-state index in [1.54, 1.807) is 23.5 Å². The smallest absolute Gasteiger partial charge is 0.354 e. The zero-order valence-corrected chi connectivity index (χ0v) is 28.8. The van der Waals surface area contributed by atoms with Crippen LogP contribution < -0.4 is 4.74 Å². The van der Waals surface area contributed by atoms with Crippen LogP contribution in [-0.4, -0.2) is 44.2 Å². The van der Waals surface area contributed by atoms with Crippen molar-refractivity contribution in [3.05, 3.63) is 86.6 Å². The normalized spacial score (nSPS) is 15.2. The number of benzene rings is 2. The fourth-order valence-electron chi connectivity index (χ4n) is 6.65. The van der Waals surface area contributed by atoms with Gasteiger partial charge < -0.3 is 14.0 Å². The Balaban J connectivity index is 1.35. The molecule has 46 heavy (non-hydrogen) atoms. The van der Waals surface area contributed by atoms with E-state index < -0.39 is 0 Å². The Kier molecular flexibility index (Phi) is 8.69. The van der Waals surface area contributed by atoms with Crippen molar-refractivity contribution in [2.45, 2.75) is 54.8 Å². The highest BCUT2D eigenvalue weighted by Crippen LogP contribution is 2.43. The summed E-state index contributed by atoms with van der Waals surface area (Å²) in [4.78, 5) is 14.5. The number of aromatic nitrogens is 5. The first-order chi connectivity index (χ1) is 22.3. The molecule has 0 atom stereocenters.